The highest BCUT2D eigenvalue weighted by Crippen LogP contribution is 2.24. The summed E-state index contributed by atoms with van der Waals surface area (Å²) in [5, 5.41) is 0.00610. The summed E-state index contributed by atoms with van der Waals surface area (Å²) in [6.07, 6.45) is 3.91. The second-order valence-electron chi connectivity index (χ2n) is 6.75. The lowest BCUT2D eigenvalue weighted by Crippen LogP contribution is -2.33. The second-order valence-corrected chi connectivity index (χ2v) is 8.20. The van der Waals surface area contributed by atoms with Crippen LogP contribution >= 0.6 is 22.9 Å². The number of H-pyrrole nitrogens is 1. The predicted molar refractivity (Wildman–Crippen MR) is 103 cm³/mol. The number of aryl methyl sites for hydroxylation is 1. The summed E-state index contributed by atoms with van der Waals surface area (Å²) in [6, 6.07) is 2.73. The van der Waals surface area contributed by atoms with Crippen LogP contribution in [0.5, 0.6) is 0 Å². The molecule has 0 radical (unpaired) electrons. The number of carbonyl (C=O) groups excluding carboxylic acids is 1. The van der Waals surface area contributed by atoms with E-state index in [4.69, 9.17) is 11.6 Å². The van der Waals surface area contributed by atoms with E-state index in [2.05, 4.69) is 9.97 Å². The molecule has 1 N–H and O–H groups in total. The van der Waals surface area contributed by atoms with E-state index >= 15 is 0 Å². The number of likely N-dealkylation sites (N-methyl/N-ethyl adjacent to an activating group) is 1. The van der Waals surface area contributed by atoms with Crippen molar-refractivity contribution in [2.75, 3.05) is 7.05 Å². The van der Waals surface area contributed by atoms with Crippen LogP contribution < -0.4 is 4.87 Å². The molecule has 0 saturated carbocycles. The predicted octanol–water partition coefficient (Wildman–Crippen LogP) is 3.12. The van der Waals surface area contributed by atoms with Gasteiger partial charge < -0.3 is 9.88 Å². The number of aromatic nitrogens is 3. The molecule has 3 aromatic rings. The Hall–Kier alpha value is -2.19. The molecule has 2 aromatic heterocycles. The number of benzene rings is 1. The van der Waals surface area contributed by atoms with Gasteiger partial charge in [-0.15, -0.1) is 0 Å². The van der Waals surface area contributed by atoms with Gasteiger partial charge in [0.25, 0.3) is 0 Å². The van der Waals surface area contributed by atoms with Gasteiger partial charge in [0.05, 0.1) is 22.6 Å². The Bertz CT molecular complexity index is 1050. The van der Waals surface area contributed by atoms with E-state index in [-0.39, 0.29) is 28.9 Å². The van der Waals surface area contributed by atoms with Crippen LogP contribution in [0.1, 0.15) is 29.2 Å². The zero-order chi connectivity index (χ0) is 19.1. The van der Waals surface area contributed by atoms with Gasteiger partial charge in [0, 0.05) is 23.7 Å². The minimum atomic E-state index is -0.523. The maximum absolute atomic E-state index is 13.6. The smallest absolute Gasteiger partial charge is 0.308 e. The topological polar surface area (TPSA) is 71.0 Å². The van der Waals surface area contributed by atoms with E-state index < -0.39 is 5.82 Å². The van der Waals surface area contributed by atoms with Crippen LogP contribution in [0.4, 0.5) is 4.39 Å². The number of amides is 1. The monoisotopic (exact) mass is 408 g/mol. The number of rotatable bonds is 4. The molecular weight excluding hydrogens is 391 g/mol. The van der Waals surface area contributed by atoms with Crippen molar-refractivity contribution in [1.82, 2.24) is 19.4 Å². The molecule has 0 unspecified atom stereocenters. The normalized spacial score (nSPS) is 13.7. The van der Waals surface area contributed by atoms with Gasteiger partial charge in [0.15, 0.2) is 0 Å². The van der Waals surface area contributed by atoms with E-state index in [0.29, 0.717) is 16.9 Å². The number of carbonyl (C=O) groups is 1. The highest BCUT2D eigenvalue weighted by atomic mass is 35.5. The largest absolute Gasteiger partial charge is 0.340 e. The Morgan fingerprint density at radius 3 is 3.00 bits per heavy atom. The number of fused-ring (bicyclic) bond motifs is 2. The first-order valence-corrected chi connectivity index (χ1v) is 9.91. The molecule has 1 aliphatic carbocycles. The Balaban J connectivity index is 1.50. The zero-order valence-corrected chi connectivity index (χ0v) is 16.3. The number of hydrogen-bond acceptors (Lipinski definition) is 4. The molecule has 9 heteroatoms. The second kappa shape index (κ2) is 7.09. The maximum Gasteiger partial charge on any atom is 0.308 e. The molecule has 1 aromatic carbocycles. The molecule has 2 heterocycles. The minimum Gasteiger partial charge on any atom is -0.340 e. The van der Waals surface area contributed by atoms with E-state index in [1.54, 1.807) is 11.6 Å². The number of nitrogens with zero attached hydrogens (tertiary/aromatic N) is 3. The fourth-order valence-electron chi connectivity index (χ4n) is 3.39. The number of nitrogens with one attached hydrogen (secondary N) is 1. The highest BCUT2D eigenvalue weighted by Gasteiger charge is 2.21. The van der Waals surface area contributed by atoms with Gasteiger partial charge in [0.2, 0.25) is 5.91 Å². The summed E-state index contributed by atoms with van der Waals surface area (Å²) in [6.45, 7) is 0.260. The van der Waals surface area contributed by atoms with Crippen LogP contribution in [-0.4, -0.2) is 32.4 Å². The molecule has 1 aliphatic rings. The maximum atomic E-state index is 13.6. The fraction of sp³-hybridized carbons (Fsp3) is 0.389. The number of hydrogen-bond donors (Lipinski definition) is 1. The third-order valence-corrected chi connectivity index (χ3v) is 6.20. The van der Waals surface area contributed by atoms with Crippen LogP contribution in [-0.2, 0) is 30.7 Å². The molecule has 27 heavy (non-hydrogen) atoms. The summed E-state index contributed by atoms with van der Waals surface area (Å²) in [5.74, 6) is -0.166. The minimum absolute atomic E-state index is 0.00610. The Morgan fingerprint density at radius 1 is 1.41 bits per heavy atom. The van der Waals surface area contributed by atoms with Crippen LogP contribution in [0.3, 0.4) is 0 Å². The first-order valence-electron chi connectivity index (χ1n) is 8.71. The summed E-state index contributed by atoms with van der Waals surface area (Å²) < 4.78 is 15.2. The van der Waals surface area contributed by atoms with Crippen LogP contribution in [0, 0.1) is 5.82 Å². The number of thiazole rings is 1. The fourth-order valence-corrected chi connectivity index (χ4v) is 4.62. The molecule has 0 spiro atoms. The zero-order valence-electron chi connectivity index (χ0n) is 14.7. The summed E-state index contributed by atoms with van der Waals surface area (Å²) in [7, 11) is 1.66. The van der Waals surface area contributed by atoms with Crippen LogP contribution in [0.2, 0.25) is 5.02 Å². The van der Waals surface area contributed by atoms with Crippen molar-refractivity contribution >= 4 is 39.9 Å². The van der Waals surface area contributed by atoms with Gasteiger partial charge in [-0.3, -0.25) is 14.2 Å². The molecular formula is C18H18ClFN4O2S. The van der Waals surface area contributed by atoms with Gasteiger partial charge in [-0.25, -0.2) is 9.37 Å². The molecule has 0 bridgehead atoms. The lowest BCUT2D eigenvalue weighted by Gasteiger charge is -2.18. The van der Waals surface area contributed by atoms with Crippen molar-refractivity contribution in [1.29, 1.82) is 0 Å². The Labute approximate surface area is 163 Å². The third kappa shape index (κ3) is 3.51. The molecule has 0 atom stereocenters. The van der Waals surface area contributed by atoms with Gasteiger partial charge in [-0.1, -0.05) is 22.9 Å². The molecule has 6 nitrogen and oxygen atoms in total. The van der Waals surface area contributed by atoms with Gasteiger partial charge >= 0.3 is 4.87 Å². The third-order valence-electron chi connectivity index (χ3n) is 4.83. The van der Waals surface area contributed by atoms with Gasteiger partial charge in [0.1, 0.15) is 18.2 Å². The molecule has 4 rings (SSSR count). The SMILES string of the molecule is CN(Cc1nc2cc(Cl)c(F)cc2[nH]1)C(=O)Cn1c2c(sc1=O)CCCC2. The van der Waals surface area contributed by atoms with Crippen LogP contribution in [0.15, 0.2) is 16.9 Å². The Kier molecular flexibility index (Phi) is 4.77. The van der Waals surface area contributed by atoms with E-state index in [0.717, 1.165) is 36.3 Å². The molecule has 142 valence electrons. The first kappa shape index (κ1) is 18.2. The standard InChI is InChI=1S/C18H18ClFN4O2S/c1-23(8-16-21-12-6-10(19)11(20)7-13(12)22-16)17(25)9-24-14-4-2-3-5-15(14)27-18(24)26/h6-7H,2-5,8-9H2,1H3,(H,21,22). The van der Waals surface area contributed by atoms with Gasteiger partial charge in [-0.2, -0.15) is 0 Å². The lowest BCUT2D eigenvalue weighted by molar-refractivity contribution is -0.131. The average molecular weight is 409 g/mol. The van der Waals surface area contributed by atoms with Gasteiger partial charge in [-0.05, 0) is 31.7 Å². The first-order chi connectivity index (χ1) is 12.9. The number of imidazole rings is 1. The summed E-state index contributed by atoms with van der Waals surface area (Å²) in [5.41, 5.74) is 2.07. The lowest BCUT2D eigenvalue weighted by atomic mass is 10.0. The highest BCUT2D eigenvalue weighted by molar-refractivity contribution is 7.09. The Morgan fingerprint density at radius 2 is 2.19 bits per heavy atom. The molecule has 0 aliphatic heterocycles. The number of aromatic amines is 1. The summed E-state index contributed by atoms with van der Waals surface area (Å²) >= 11 is 7.03. The summed E-state index contributed by atoms with van der Waals surface area (Å²) in [4.78, 5) is 34.8. The van der Waals surface area contributed by atoms with Crippen molar-refractivity contribution in [3.63, 3.8) is 0 Å². The van der Waals surface area contributed by atoms with E-state index in [1.807, 2.05) is 0 Å². The van der Waals surface area contributed by atoms with Crippen molar-refractivity contribution in [2.45, 2.75) is 38.8 Å². The van der Waals surface area contributed by atoms with Crippen LogP contribution in [0.25, 0.3) is 11.0 Å². The van der Waals surface area contributed by atoms with E-state index in [9.17, 15) is 14.0 Å². The number of halogens is 2. The average Bonchev–Trinajstić information content (AvgIpc) is 3.15. The van der Waals surface area contributed by atoms with Crippen molar-refractivity contribution in [2.24, 2.45) is 0 Å². The van der Waals surface area contributed by atoms with E-state index in [1.165, 1.54) is 28.4 Å². The van der Waals surface area contributed by atoms with Crippen molar-refractivity contribution in [3.8, 4) is 0 Å². The van der Waals surface area contributed by atoms with Crippen molar-refractivity contribution < 1.29 is 9.18 Å². The molecule has 0 saturated heterocycles. The van der Waals surface area contributed by atoms with Crippen molar-refractivity contribution in [3.05, 3.63) is 49.0 Å². The molecule has 1 amide bonds. The molecule has 0 fully saturated rings. The quantitative estimate of drug-likeness (QED) is 0.721.